The fourth-order valence-corrected chi connectivity index (χ4v) is 2.77. The van der Waals surface area contributed by atoms with Gasteiger partial charge in [-0.25, -0.2) is 0 Å². The van der Waals surface area contributed by atoms with Crippen molar-refractivity contribution < 1.29 is 4.79 Å². The van der Waals surface area contributed by atoms with E-state index in [1.54, 1.807) is 0 Å². The van der Waals surface area contributed by atoms with Crippen LogP contribution < -0.4 is 10.6 Å². The molecule has 80 valence electrons. The maximum Gasteiger partial charge on any atom is 0.229 e. The van der Waals surface area contributed by atoms with Gasteiger partial charge in [0.05, 0.1) is 17.3 Å². The molecule has 0 radical (unpaired) electrons. The molecule has 1 heterocycles. The minimum atomic E-state index is -0.0249. The quantitative estimate of drug-likeness (QED) is 0.765. The molecule has 1 amide bonds. The van der Waals surface area contributed by atoms with Gasteiger partial charge in [-0.2, -0.15) is 0 Å². The Morgan fingerprint density at radius 2 is 2.13 bits per heavy atom. The average Bonchev–Trinajstić information content (AvgIpc) is 2.30. The second kappa shape index (κ2) is 4.14. The highest BCUT2D eigenvalue weighted by molar-refractivity contribution is 9.11. The number of nitrogens with one attached hydrogen (secondary N) is 2. The zero-order chi connectivity index (χ0) is 11.0. The molecule has 0 saturated carbocycles. The summed E-state index contributed by atoms with van der Waals surface area (Å²) < 4.78 is 1.85. The van der Waals surface area contributed by atoms with Gasteiger partial charge < -0.3 is 10.6 Å². The van der Waals surface area contributed by atoms with Gasteiger partial charge in [0, 0.05) is 15.5 Å². The second-order valence-corrected chi connectivity index (χ2v) is 5.35. The van der Waals surface area contributed by atoms with Crippen LogP contribution in [0.4, 0.5) is 11.4 Å². The number of carbonyl (C=O) groups is 1. The molecule has 3 nitrogen and oxygen atoms in total. The Balaban J connectivity index is 2.47. The second-order valence-electron chi connectivity index (χ2n) is 3.58. The molecule has 2 N–H and O–H groups in total. The Bertz CT molecular complexity index is 420. The van der Waals surface area contributed by atoms with Gasteiger partial charge in [-0.15, -0.1) is 0 Å². The maximum atomic E-state index is 11.6. The zero-order valence-electron chi connectivity index (χ0n) is 8.10. The van der Waals surface area contributed by atoms with Gasteiger partial charge in [-0.3, -0.25) is 4.79 Å². The SMILES string of the molecule is CC1CNc2cc(Br)cc(Br)c2NC1=O. The Morgan fingerprint density at radius 1 is 1.40 bits per heavy atom. The van der Waals surface area contributed by atoms with Crippen LogP contribution in [0.2, 0.25) is 0 Å². The number of carbonyl (C=O) groups excluding carboxylic acids is 1. The Hall–Kier alpha value is -0.550. The van der Waals surface area contributed by atoms with Crippen molar-refractivity contribution in [1.82, 2.24) is 0 Å². The number of rotatable bonds is 0. The predicted molar refractivity (Wildman–Crippen MR) is 68.1 cm³/mol. The highest BCUT2D eigenvalue weighted by Gasteiger charge is 2.21. The summed E-state index contributed by atoms with van der Waals surface area (Å²) in [6.45, 7) is 2.55. The molecule has 1 unspecified atom stereocenters. The molecule has 1 aromatic carbocycles. The predicted octanol–water partition coefficient (Wildman–Crippen LogP) is 3.21. The van der Waals surface area contributed by atoms with E-state index in [-0.39, 0.29) is 11.8 Å². The summed E-state index contributed by atoms with van der Waals surface area (Å²) in [4.78, 5) is 11.6. The number of hydrogen-bond acceptors (Lipinski definition) is 2. The van der Waals surface area contributed by atoms with E-state index in [0.717, 1.165) is 20.3 Å². The highest BCUT2D eigenvalue weighted by Crippen LogP contribution is 2.36. The van der Waals surface area contributed by atoms with Gasteiger partial charge in [0.25, 0.3) is 0 Å². The minimum absolute atomic E-state index is 0.0249. The van der Waals surface area contributed by atoms with Crippen LogP contribution in [0.3, 0.4) is 0 Å². The molecule has 0 saturated heterocycles. The van der Waals surface area contributed by atoms with Crippen molar-refractivity contribution in [2.75, 3.05) is 17.2 Å². The first kappa shape index (κ1) is 11.0. The van der Waals surface area contributed by atoms with E-state index in [1.807, 2.05) is 19.1 Å². The first-order chi connectivity index (χ1) is 7.08. The van der Waals surface area contributed by atoms with Crippen LogP contribution in [0.15, 0.2) is 21.1 Å². The lowest BCUT2D eigenvalue weighted by atomic mass is 10.2. The molecule has 0 fully saturated rings. The van der Waals surface area contributed by atoms with Crippen molar-refractivity contribution in [1.29, 1.82) is 0 Å². The van der Waals surface area contributed by atoms with Crippen molar-refractivity contribution >= 4 is 49.1 Å². The topological polar surface area (TPSA) is 41.1 Å². The molecule has 15 heavy (non-hydrogen) atoms. The van der Waals surface area contributed by atoms with Gasteiger partial charge in [0.1, 0.15) is 0 Å². The monoisotopic (exact) mass is 332 g/mol. The molecule has 0 aliphatic carbocycles. The average molecular weight is 334 g/mol. The third kappa shape index (κ3) is 2.18. The van der Waals surface area contributed by atoms with E-state index in [4.69, 9.17) is 0 Å². The first-order valence-corrected chi connectivity index (χ1v) is 6.20. The van der Waals surface area contributed by atoms with E-state index >= 15 is 0 Å². The van der Waals surface area contributed by atoms with Crippen molar-refractivity contribution in [2.45, 2.75) is 6.92 Å². The molecule has 1 aliphatic heterocycles. The lowest BCUT2D eigenvalue weighted by molar-refractivity contribution is -0.118. The Kier molecular flexibility index (Phi) is 3.02. The number of anilines is 2. The van der Waals surface area contributed by atoms with E-state index in [2.05, 4.69) is 42.5 Å². The van der Waals surface area contributed by atoms with E-state index in [0.29, 0.717) is 6.54 Å². The number of halogens is 2. The third-order valence-electron chi connectivity index (χ3n) is 2.35. The van der Waals surface area contributed by atoms with Crippen molar-refractivity contribution in [3.63, 3.8) is 0 Å². The molecule has 0 aromatic heterocycles. The number of fused-ring (bicyclic) bond motifs is 1. The summed E-state index contributed by atoms with van der Waals surface area (Å²) in [5, 5.41) is 6.14. The molecule has 0 bridgehead atoms. The summed E-state index contributed by atoms with van der Waals surface area (Å²) in [6, 6.07) is 3.87. The lowest BCUT2D eigenvalue weighted by Crippen LogP contribution is -2.22. The molecule has 1 atom stereocenters. The molecule has 0 spiro atoms. The van der Waals surface area contributed by atoms with Crippen LogP contribution in [0.5, 0.6) is 0 Å². The largest absolute Gasteiger partial charge is 0.383 e. The summed E-state index contributed by atoms with van der Waals surface area (Å²) >= 11 is 6.84. The zero-order valence-corrected chi connectivity index (χ0v) is 11.3. The van der Waals surface area contributed by atoms with Gasteiger partial charge in [0.15, 0.2) is 0 Å². The Morgan fingerprint density at radius 3 is 2.87 bits per heavy atom. The summed E-state index contributed by atoms with van der Waals surface area (Å²) in [5.41, 5.74) is 1.75. The smallest absolute Gasteiger partial charge is 0.229 e. The number of benzene rings is 1. The molecule has 5 heteroatoms. The van der Waals surface area contributed by atoms with Gasteiger partial charge in [0.2, 0.25) is 5.91 Å². The van der Waals surface area contributed by atoms with E-state index < -0.39 is 0 Å². The van der Waals surface area contributed by atoms with Crippen LogP contribution in [0.1, 0.15) is 6.92 Å². The van der Waals surface area contributed by atoms with Crippen LogP contribution in [-0.4, -0.2) is 12.5 Å². The van der Waals surface area contributed by atoms with Gasteiger partial charge in [-0.05, 0) is 28.1 Å². The first-order valence-electron chi connectivity index (χ1n) is 4.61. The Labute approximate surface area is 105 Å². The molecule has 1 aliphatic rings. The molecule has 2 rings (SSSR count). The number of amides is 1. The summed E-state index contributed by atoms with van der Waals surface area (Å²) in [5.74, 6) is 0.0207. The van der Waals surface area contributed by atoms with Crippen molar-refractivity contribution in [3.8, 4) is 0 Å². The van der Waals surface area contributed by atoms with Gasteiger partial charge in [-0.1, -0.05) is 22.9 Å². The highest BCUT2D eigenvalue weighted by atomic mass is 79.9. The van der Waals surface area contributed by atoms with Crippen molar-refractivity contribution in [2.24, 2.45) is 5.92 Å². The van der Waals surface area contributed by atoms with Gasteiger partial charge >= 0.3 is 0 Å². The van der Waals surface area contributed by atoms with Crippen LogP contribution in [0, 0.1) is 5.92 Å². The fraction of sp³-hybridized carbons (Fsp3) is 0.300. The minimum Gasteiger partial charge on any atom is -0.383 e. The maximum absolute atomic E-state index is 11.6. The molecule has 1 aromatic rings. The van der Waals surface area contributed by atoms with Crippen LogP contribution in [-0.2, 0) is 4.79 Å². The summed E-state index contributed by atoms with van der Waals surface area (Å²) in [7, 11) is 0. The molecular weight excluding hydrogens is 324 g/mol. The molecular formula is C10H10Br2N2O. The van der Waals surface area contributed by atoms with Crippen LogP contribution in [0.25, 0.3) is 0 Å². The summed E-state index contributed by atoms with van der Waals surface area (Å²) in [6.07, 6.45) is 0. The standard InChI is InChI=1S/C10H10Br2N2O/c1-5-4-13-8-3-6(11)2-7(12)9(8)14-10(5)15/h2-3,5,13H,4H2,1H3,(H,14,15). The van der Waals surface area contributed by atoms with E-state index in [1.165, 1.54) is 0 Å². The fourth-order valence-electron chi connectivity index (χ4n) is 1.44. The van der Waals surface area contributed by atoms with E-state index in [9.17, 15) is 4.79 Å². The number of hydrogen-bond donors (Lipinski definition) is 2. The van der Waals surface area contributed by atoms with Crippen molar-refractivity contribution in [3.05, 3.63) is 21.1 Å². The lowest BCUT2D eigenvalue weighted by Gasteiger charge is -2.10. The normalized spacial score (nSPS) is 19.9. The van der Waals surface area contributed by atoms with Crippen LogP contribution >= 0.6 is 31.9 Å². The third-order valence-corrected chi connectivity index (χ3v) is 3.43.